The molecular formula is C23H26N2O5. The number of carbonyl (C=O) groups is 2. The fourth-order valence-electron chi connectivity index (χ4n) is 3.94. The van der Waals surface area contributed by atoms with Crippen molar-refractivity contribution in [3.05, 3.63) is 71.8 Å². The minimum Gasteiger partial charge on any atom is -0.388 e. The molecule has 0 unspecified atom stereocenters. The minimum atomic E-state index is -1.20. The van der Waals surface area contributed by atoms with Gasteiger partial charge in [-0.2, -0.15) is 0 Å². The van der Waals surface area contributed by atoms with E-state index in [4.69, 9.17) is 9.47 Å². The summed E-state index contributed by atoms with van der Waals surface area (Å²) >= 11 is 0. The van der Waals surface area contributed by atoms with Gasteiger partial charge in [-0.1, -0.05) is 60.7 Å². The number of nitrogens with zero attached hydrogens (tertiary/aromatic N) is 2. The molecule has 0 spiro atoms. The van der Waals surface area contributed by atoms with Crippen LogP contribution in [-0.4, -0.2) is 57.5 Å². The molecule has 2 aliphatic rings. The Morgan fingerprint density at radius 1 is 1.00 bits per heavy atom. The Morgan fingerprint density at radius 2 is 1.57 bits per heavy atom. The molecule has 7 nitrogen and oxygen atoms in total. The number of aliphatic hydroxyl groups excluding tert-OH is 1. The largest absolute Gasteiger partial charge is 0.388 e. The van der Waals surface area contributed by atoms with Gasteiger partial charge in [-0.3, -0.25) is 9.69 Å². The van der Waals surface area contributed by atoms with Crippen LogP contribution in [0.15, 0.2) is 60.7 Å². The molecule has 7 heteroatoms. The molecule has 158 valence electrons. The Bertz CT molecular complexity index is 902. The van der Waals surface area contributed by atoms with Gasteiger partial charge in [0.05, 0.1) is 13.2 Å². The fourth-order valence-corrected chi connectivity index (χ4v) is 3.94. The normalized spacial score (nSPS) is 24.5. The summed E-state index contributed by atoms with van der Waals surface area (Å²) in [6.07, 6.45) is -1.90. The maximum absolute atomic E-state index is 13.3. The predicted molar refractivity (Wildman–Crippen MR) is 109 cm³/mol. The lowest BCUT2D eigenvalue weighted by molar-refractivity contribution is -0.159. The molecule has 0 bridgehead atoms. The van der Waals surface area contributed by atoms with E-state index < -0.39 is 36.0 Å². The molecule has 2 aromatic rings. The lowest BCUT2D eigenvalue weighted by Gasteiger charge is -2.29. The summed E-state index contributed by atoms with van der Waals surface area (Å²) < 4.78 is 11.3. The maximum atomic E-state index is 13.3. The number of imide groups is 1. The highest BCUT2D eigenvalue weighted by molar-refractivity contribution is 6.04. The standard InChI is InChI=1S/C23H26N2O5/c1-23(2)29-15-18(30-23)20(26)19-21(27)25(14-17-11-7-4-8-12-17)22(28)24(19)13-16-9-5-3-6-10-16/h3-12,18-20,26H,13-15H2,1-2H3/t18-,19+,20-/m1/s1. The number of urea groups is 1. The topological polar surface area (TPSA) is 79.3 Å². The molecule has 0 radical (unpaired) electrons. The number of benzene rings is 2. The smallest absolute Gasteiger partial charge is 0.328 e. The molecule has 3 atom stereocenters. The Balaban J connectivity index is 1.61. The van der Waals surface area contributed by atoms with Crippen LogP contribution in [0.25, 0.3) is 0 Å². The van der Waals surface area contributed by atoms with Crippen molar-refractivity contribution in [3.63, 3.8) is 0 Å². The molecule has 0 aliphatic carbocycles. The van der Waals surface area contributed by atoms with Crippen LogP contribution in [0.4, 0.5) is 4.79 Å². The van der Waals surface area contributed by atoms with Crippen molar-refractivity contribution < 1.29 is 24.2 Å². The number of hydrogen-bond donors (Lipinski definition) is 1. The van der Waals surface area contributed by atoms with E-state index in [1.807, 2.05) is 60.7 Å². The maximum Gasteiger partial charge on any atom is 0.328 e. The van der Waals surface area contributed by atoms with Gasteiger partial charge in [0.15, 0.2) is 5.79 Å². The Hall–Kier alpha value is -2.74. The van der Waals surface area contributed by atoms with Crippen LogP contribution in [-0.2, 0) is 27.4 Å². The summed E-state index contributed by atoms with van der Waals surface area (Å²) in [6.45, 7) is 4.04. The first kappa shape index (κ1) is 20.5. The molecule has 2 aromatic carbocycles. The molecule has 1 N–H and O–H groups in total. The van der Waals surface area contributed by atoms with Gasteiger partial charge in [-0.25, -0.2) is 4.79 Å². The van der Waals surface area contributed by atoms with Crippen molar-refractivity contribution in [1.82, 2.24) is 9.80 Å². The van der Waals surface area contributed by atoms with E-state index in [1.54, 1.807) is 13.8 Å². The van der Waals surface area contributed by atoms with Gasteiger partial charge in [0.1, 0.15) is 18.2 Å². The highest BCUT2D eigenvalue weighted by atomic mass is 16.7. The molecule has 2 saturated heterocycles. The summed E-state index contributed by atoms with van der Waals surface area (Å²) in [7, 11) is 0. The Kier molecular flexibility index (Phi) is 5.60. The number of aliphatic hydroxyl groups is 1. The quantitative estimate of drug-likeness (QED) is 0.741. The van der Waals surface area contributed by atoms with Crippen LogP contribution in [0, 0.1) is 0 Å². The molecule has 0 aromatic heterocycles. The molecule has 4 rings (SSSR count). The molecule has 2 fully saturated rings. The number of ether oxygens (including phenoxy) is 2. The van der Waals surface area contributed by atoms with E-state index in [9.17, 15) is 14.7 Å². The van der Waals surface area contributed by atoms with Crippen LogP contribution in [0.5, 0.6) is 0 Å². The van der Waals surface area contributed by atoms with Crippen molar-refractivity contribution in [1.29, 1.82) is 0 Å². The van der Waals surface area contributed by atoms with E-state index >= 15 is 0 Å². The summed E-state index contributed by atoms with van der Waals surface area (Å²) in [5.74, 6) is -1.27. The van der Waals surface area contributed by atoms with Crippen molar-refractivity contribution in [2.45, 2.75) is 51.0 Å². The van der Waals surface area contributed by atoms with Crippen LogP contribution in [0.1, 0.15) is 25.0 Å². The van der Waals surface area contributed by atoms with Gasteiger partial charge in [-0.05, 0) is 25.0 Å². The lowest BCUT2D eigenvalue weighted by Crippen LogP contribution is -2.50. The molecule has 3 amide bonds. The van der Waals surface area contributed by atoms with Crippen LogP contribution >= 0.6 is 0 Å². The monoisotopic (exact) mass is 410 g/mol. The highest BCUT2D eigenvalue weighted by Gasteiger charge is 2.52. The average molecular weight is 410 g/mol. The van der Waals surface area contributed by atoms with Gasteiger partial charge in [0.25, 0.3) is 5.91 Å². The van der Waals surface area contributed by atoms with Gasteiger partial charge in [0, 0.05) is 6.54 Å². The SMILES string of the molecule is CC1(C)OC[C@H]([C@@H](O)[C@H]2C(=O)N(Cc3ccccc3)C(=O)N2Cc2ccccc2)O1. The number of amides is 3. The van der Waals surface area contributed by atoms with Crippen LogP contribution in [0.2, 0.25) is 0 Å². The number of carbonyl (C=O) groups excluding carboxylic acids is 2. The molecule has 2 heterocycles. The van der Waals surface area contributed by atoms with E-state index in [1.165, 1.54) is 9.80 Å². The van der Waals surface area contributed by atoms with E-state index in [-0.39, 0.29) is 19.7 Å². The third-order valence-corrected chi connectivity index (χ3v) is 5.45. The highest BCUT2D eigenvalue weighted by Crippen LogP contribution is 2.31. The van der Waals surface area contributed by atoms with Gasteiger partial charge >= 0.3 is 6.03 Å². The fraction of sp³-hybridized carbons (Fsp3) is 0.391. The second kappa shape index (κ2) is 8.18. The summed E-state index contributed by atoms with van der Waals surface area (Å²) in [5.41, 5.74) is 1.72. The Labute approximate surface area is 175 Å². The zero-order valence-electron chi connectivity index (χ0n) is 17.1. The van der Waals surface area contributed by atoms with Gasteiger partial charge in [0.2, 0.25) is 0 Å². The van der Waals surface area contributed by atoms with E-state index in [0.717, 1.165) is 11.1 Å². The van der Waals surface area contributed by atoms with Crippen molar-refractivity contribution in [2.24, 2.45) is 0 Å². The van der Waals surface area contributed by atoms with Gasteiger partial charge < -0.3 is 19.5 Å². The average Bonchev–Trinajstić information content (AvgIpc) is 3.21. The van der Waals surface area contributed by atoms with Crippen molar-refractivity contribution in [3.8, 4) is 0 Å². The van der Waals surface area contributed by atoms with Crippen LogP contribution < -0.4 is 0 Å². The first-order valence-electron chi connectivity index (χ1n) is 10.1. The number of rotatable bonds is 6. The first-order chi connectivity index (χ1) is 14.4. The van der Waals surface area contributed by atoms with Crippen LogP contribution in [0.3, 0.4) is 0 Å². The van der Waals surface area contributed by atoms with Crippen molar-refractivity contribution >= 4 is 11.9 Å². The van der Waals surface area contributed by atoms with Crippen molar-refractivity contribution in [2.75, 3.05) is 6.61 Å². The predicted octanol–water partition coefficient (Wildman–Crippen LogP) is 2.53. The molecule has 2 aliphatic heterocycles. The first-order valence-corrected chi connectivity index (χ1v) is 10.1. The van der Waals surface area contributed by atoms with E-state index in [2.05, 4.69) is 0 Å². The zero-order chi connectivity index (χ0) is 21.3. The van der Waals surface area contributed by atoms with E-state index in [0.29, 0.717) is 0 Å². The zero-order valence-corrected chi connectivity index (χ0v) is 17.1. The number of hydrogen-bond acceptors (Lipinski definition) is 5. The minimum absolute atomic E-state index is 0.153. The summed E-state index contributed by atoms with van der Waals surface area (Å²) in [4.78, 5) is 29.1. The molecular weight excluding hydrogens is 384 g/mol. The second-order valence-corrected chi connectivity index (χ2v) is 8.11. The summed E-state index contributed by atoms with van der Waals surface area (Å²) in [6, 6.07) is 17.3. The molecule has 0 saturated carbocycles. The third-order valence-electron chi connectivity index (χ3n) is 5.45. The van der Waals surface area contributed by atoms with Gasteiger partial charge in [-0.15, -0.1) is 0 Å². The second-order valence-electron chi connectivity index (χ2n) is 8.11. The Morgan fingerprint density at radius 3 is 2.10 bits per heavy atom. The summed E-state index contributed by atoms with van der Waals surface area (Å²) in [5, 5.41) is 11.1. The lowest BCUT2D eigenvalue weighted by atomic mass is 10.0. The third kappa shape index (κ3) is 4.09. The molecule has 30 heavy (non-hydrogen) atoms.